The molecule has 1 aliphatic heterocycles. The summed E-state index contributed by atoms with van der Waals surface area (Å²) in [6.45, 7) is 10.8. The smallest absolute Gasteiger partial charge is 0.224 e. The monoisotopic (exact) mass is 340 g/mol. The largest absolute Gasteiger partial charge is 0.491 e. The molecule has 1 heterocycles. The van der Waals surface area contributed by atoms with Gasteiger partial charge in [-0.05, 0) is 43.0 Å². The van der Waals surface area contributed by atoms with E-state index in [0.717, 1.165) is 25.3 Å². The second-order valence-corrected chi connectivity index (χ2v) is 7.18. The van der Waals surface area contributed by atoms with E-state index in [4.69, 9.17) is 4.74 Å². The quantitative estimate of drug-likeness (QED) is 0.866. The van der Waals surface area contributed by atoms with Gasteiger partial charge in [0, 0.05) is 6.54 Å². The molecule has 0 radical (unpaired) electrons. The lowest BCUT2D eigenvalue weighted by Gasteiger charge is -2.20. The normalized spacial score (nSPS) is 18.9. The van der Waals surface area contributed by atoms with Crippen LogP contribution in [0.2, 0.25) is 0 Å². The fourth-order valence-electron chi connectivity index (χ4n) is 2.55. The van der Waals surface area contributed by atoms with Crippen LogP contribution in [0.15, 0.2) is 24.3 Å². The van der Waals surface area contributed by atoms with E-state index in [1.807, 2.05) is 19.1 Å². The number of amides is 1. The van der Waals surface area contributed by atoms with E-state index in [1.54, 1.807) is 0 Å². The van der Waals surface area contributed by atoms with E-state index in [9.17, 15) is 4.79 Å². The third-order valence-electron chi connectivity index (χ3n) is 4.04. The van der Waals surface area contributed by atoms with E-state index in [2.05, 4.69) is 43.5 Å². The van der Waals surface area contributed by atoms with Gasteiger partial charge in [-0.2, -0.15) is 0 Å². The van der Waals surface area contributed by atoms with Crippen LogP contribution < -0.4 is 15.4 Å². The van der Waals surface area contributed by atoms with Crippen molar-refractivity contribution in [3.8, 4) is 5.75 Å². The zero-order valence-corrected chi connectivity index (χ0v) is 15.3. The molecule has 2 rings (SSSR count). The zero-order valence-electron chi connectivity index (χ0n) is 14.5. The van der Waals surface area contributed by atoms with Crippen molar-refractivity contribution in [1.29, 1.82) is 0 Å². The van der Waals surface area contributed by atoms with Gasteiger partial charge in [-0.1, -0.05) is 32.9 Å². The van der Waals surface area contributed by atoms with Gasteiger partial charge in [-0.25, -0.2) is 0 Å². The fourth-order valence-corrected chi connectivity index (χ4v) is 2.55. The van der Waals surface area contributed by atoms with E-state index in [-0.39, 0.29) is 35.7 Å². The van der Waals surface area contributed by atoms with Gasteiger partial charge in [0.05, 0.1) is 12.0 Å². The molecule has 0 spiro atoms. The summed E-state index contributed by atoms with van der Waals surface area (Å²) in [4.78, 5) is 12.0. The molecule has 0 aromatic heterocycles. The van der Waals surface area contributed by atoms with Crippen molar-refractivity contribution in [2.45, 2.75) is 45.6 Å². The molecular formula is C18H29ClN2O2. The summed E-state index contributed by atoms with van der Waals surface area (Å²) in [5.74, 6) is 1.08. The number of carbonyl (C=O) groups is 1. The molecule has 130 valence electrons. The minimum Gasteiger partial charge on any atom is -0.491 e. The summed E-state index contributed by atoms with van der Waals surface area (Å²) in [5, 5.41) is 6.23. The predicted molar refractivity (Wildman–Crippen MR) is 96.5 cm³/mol. The first-order chi connectivity index (χ1) is 10.4. The van der Waals surface area contributed by atoms with E-state index in [1.165, 1.54) is 5.56 Å². The number of nitrogens with one attached hydrogen (secondary N) is 2. The molecule has 0 bridgehead atoms. The molecule has 2 N–H and O–H groups in total. The van der Waals surface area contributed by atoms with Crippen molar-refractivity contribution in [2.24, 2.45) is 5.92 Å². The molecule has 0 saturated carbocycles. The molecule has 5 heteroatoms. The summed E-state index contributed by atoms with van der Waals surface area (Å²) in [6.07, 6.45) is 0.924. The second kappa shape index (κ2) is 8.55. The Bertz CT molecular complexity index is 491. The van der Waals surface area contributed by atoms with E-state index < -0.39 is 0 Å². The highest BCUT2D eigenvalue weighted by Gasteiger charge is 2.23. The number of halogens is 1. The van der Waals surface area contributed by atoms with Gasteiger partial charge >= 0.3 is 0 Å². The minimum absolute atomic E-state index is 0. The highest BCUT2D eigenvalue weighted by molar-refractivity contribution is 5.85. The molecule has 1 aliphatic rings. The van der Waals surface area contributed by atoms with Gasteiger partial charge in [0.2, 0.25) is 5.91 Å². The summed E-state index contributed by atoms with van der Waals surface area (Å²) < 4.78 is 5.77. The van der Waals surface area contributed by atoms with Crippen LogP contribution in [0.5, 0.6) is 5.75 Å². The van der Waals surface area contributed by atoms with Crippen LogP contribution in [-0.4, -0.2) is 31.6 Å². The molecule has 2 atom stereocenters. The number of benzene rings is 1. The lowest BCUT2D eigenvalue weighted by atomic mass is 9.87. The van der Waals surface area contributed by atoms with Crippen molar-refractivity contribution < 1.29 is 9.53 Å². The lowest BCUT2D eigenvalue weighted by molar-refractivity contribution is -0.125. The van der Waals surface area contributed by atoms with Gasteiger partial charge in [0.1, 0.15) is 12.4 Å². The molecule has 1 amide bonds. The number of hydrogen-bond donors (Lipinski definition) is 2. The van der Waals surface area contributed by atoms with Crippen LogP contribution in [0.4, 0.5) is 0 Å². The Balaban J connectivity index is 0.00000264. The topological polar surface area (TPSA) is 50.4 Å². The zero-order chi connectivity index (χ0) is 16.2. The van der Waals surface area contributed by atoms with Crippen molar-refractivity contribution >= 4 is 18.3 Å². The third kappa shape index (κ3) is 6.04. The lowest BCUT2D eigenvalue weighted by Crippen LogP contribution is -2.41. The van der Waals surface area contributed by atoms with Crippen molar-refractivity contribution in [3.63, 3.8) is 0 Å². The van der Waals surface area contributed by atoms with Gasteiger partial charge in [-0.15, -0.1) is 12.4 Å². The highest BCUT2D eigenvalue weighted by Crippen LogP contribution is 2.24. The molecule has 2 unspecified atom stereocenters. The Morgan fingerprint density at radius 3 is 2.52 bits per heavy atom. The molecule has 1 aromatic rings. The summed E-state index contributed by atoms with van der Waals surface area (Å²) >= 11 is 0. The minimum atomic E-state index is 0. The maximum absolute atomic E-state index is 12.0. The summed E-state index contributed by atoms with van der Waals surface area (Å²) in [6, 6.07) is 8.20. The predicted octanol–water partition coefficient (Wildman–Crippen LogP) is 2.90. The maximum Gasteiger partial charge on any atom is 0.224 e. The molecule has 1 aromatic carbocycles. The van der Waals surface area contributed by atoms with Crippen LogP contribution >= 0.6 is 12.4 Å². The van der Waals surface area contributed by atoms with Gasteiger partial charge in [0.25, 0.3) is 0 Å². The van der Waals surface area contributed by atoms with E-state index >= 15 is 0 Å². The molecule has 0 aliphatic carbocycles. The van der Waals surface area contributed by atoms with Crippen LogP contribution in [0, 0.1) is 5.92 Å². The number of rotatable bonds is 5. The molecule has 1 saturated heterocycles. The summed E-state index contributed by atoms with van der Waals surface area (Å²) in [7, 11) is 0. The highest BCUT2D eigenvalue weighted by atomic mass is 35.5. The first kappa shape index (κ1) is 19.8. The van der Waals surface area contributed by atoms with Crippen molar-refractivity contribution in [1.82, 2.24) is 10.6 Å². The standard InChI is InChI=1S/C18H28N2O2.ClH/c1-13(20-17(21)14-9-10-19-11-14)12-22-16-7-5-15(6-8-16)18(2,3)4;/h5-8,13-14,19H,9-12H2,1-4H3,(H,20,21);1H. The Kier molecular flexibility index (Phi) is 7.36. The Morgan fingerprint density at radius 2 is 2.00 bits per heavy atom. The maximum atomic E-state index is 12.0. The van der Waals surface area contributed by atoms with Gasteiger partial charge in [-0.3, -0.25) is 4.79 Å². The van der Waals surface area contributed by atoms with Gasteiger partial charge < -0.3 is 15.4 Å². The number of ether oxygens (including phenoxy) is 1. The average Bonchev–Trinajstić information content (AvgIpc) is 2.99. The number of hydrogen-bond acceptors (Lipinski definition) is 3. The van der Waals surface area contributed by atoms with Crippen LogP contribution in [0.1, 0.15) is 39.7 Å². The van der Waals surface area contributed by atoms with Crippen molar-refractivity contribution in [2.75, 3.05) is 19.7 Å². The first-order valence-corrected chi connectivity index (χ1v) is 8.10. The molecular weight excluding hydrogens is 312 g/mol. The van der Waals surface area contributed by atoms with Gasteiger partial charge in [0.15, 0.2) is 0 Å². The Morgan fingerprint density at radius 1 is 1.35 bits per heavy atom. The fraction of sp³-hybridized carbons (Fsp3) is 0.611. The first-order valence-electron chi connectivity index (χ1n) is 8.10. The van der Waals surface area contributed by atoms with Crippen molar-refractivity contribution in [3.05, 3.63) is 29.8 Å². The average molecular weight is 341 g/mol. The Hall–Kier alpha value is -1.26. The van der Waals surface area contributed by atoms with E-state index in [0.29, 0.717) is 6.61 Å². The molecule has 1 fully saturated rings. The van der Waals surface area contributed by atoms with Crippen LogP contribution in [-0.2, 0) is 10.2 Å². The molecule has 23 heavy (non-hydrogen) atoms. The van der Waals surface area contributed by atoms with Crippen LogP contribution in [0.3, 0.4) is 0 Å². The third-order valence-corrected chi connectivity index (χ3v) is 4.04. The van der Waals surface area contributed by atoms with Crippen LogP contribution in [0.25, 0.3) is 0 Å². The SMILES string of the molecule is CC(COc1ccc(C(C)(C)C)cc1)NC(=O)C1CCNC1.Cl. The Labute approximate surface area is 145 Å². The molecule has 4 nitrogen and oxygen atoms in total. The second-order valence-electron chi connectivity index (χ2n) is 7.18. The summed E-state index contributed by atoms with van der Waals surface area (Å²) in [5.41, 5.74) is 1.43. The number of carbonyl (C=O) groups excluding carboxylic acids is 1.